The zero-order valence-corrected chi connectivity index (χ0v) is 32.4. The highest BCUT2D eigenvalue weighted by molar-refractivity contribution is 7.80. The minimum absolute atomic E-state index is 0.265. The summed E-state index contributed by atoms with van der Waals surface area (Å²) in [4.78, 5) is 13.0. The van der Waals surface area contributed by atoms with Crippen LogP contribution in [0.4, 0.5) is 0 Å². The number of carbonyl (C=O) groups is 1. The van der Waals surface area contributed by atoms with Crippen molar-refractivity contribution in [1.82, 2.24) is 5.32 Å². The lowest BCUT2D eigenvalue weighted by molar-refractivity contribution is -0.298. The molecule has 8 atom stereocenters. The highest BCUT2D eigenvalue weighted by Crippen LogP contribution is 2.26. The molecule has 0 spiro atoms. The zero-order valence-electron chi connectivity index (χ0n) is 31.5. The van der Waals surface area contributed by atoms with Crippen molar-refractivity contribution in [2.45, 2.75) is 217 Å². The lowest BCUT2D eigenvalue weighted by Crippen LogP contribution is -2.61. The third kappa shape index (κ3) is 22.8. The normalized spacial score (nSPS) is 22.9. The highest BCUT2D eigenvalue weighted by Gasteiger charge is 2.48. The number of unbranched alkanes of at least 4 members (excludes halogenated alkanes) is 20. The third-order valence-electron chi connectivity index (χ3n) is 9.77. The molecule has 1 heterocycles. The van der Waals surface area contributed by atoms with Crippen LogP contribution >= 0.6 is 0 Å². The Hall–Kier alpha value is -0.940. The Morgan fingerprint density at radius 1 is 0.706 bits per heavy atom. The molecule has 0 aliphatic carbocycles. The number of carbonyl (C=O) groups excluding carboxylic acids is 1. The SMILES string of the molecule is CCCCCCCCCCCCCCCC(O)C(=O)NC(COC1OC(CO)C(O)C(OS(=O)(=O)O)C1O)C(O)CCCCCCCCCCC. The van der Waals surface area contributed by atoms with E-state index in [2.05, 4.69) is 23.3 Å². The molecule has 7 N–H and O–H groups in total. The predicted molar refractivity (Wildman–Crippen MR) is 196 cm³/mol. The van der Waals surface area contributed by atoms with Crippen molar-refractivity contribution in [3.05, 3.63) is 0 Å². The van der Waals surface area contributed by atoms with Gasteiger partial charge < -0.3 is 40.3 Å². The van der Waals surface area contributed by atoms with Gasteiger partial charge in [0.25, 0.3) is 0 Å². The number of nitrogens with one attached hydrogen (secondary N) is 1. The van der Waals surface area contributed by atoms with E-state index in [0.29, 0.717) is 19.3 Å². The van der Waals surface area contributed by atoms with Gasteiger partial charge >= 0.3 is 10.4 Å². The quantitative estimate of drug-likeness (QED) is 0.0339. The molecule has 0 aromatic heterocycles. The molecule has 1 amide bonds. The van der Waals surface area contributed by atoms with E-state index in [-0.39, 0.29) is 6.42 Å². The number of hydrogen-bond donors (Lipinski definition) is 7. The molecule has 1 aliphatic heterocycles. The molecule has 0 bridgehead atoms. The summed E-state index contributed by atoms with van der Waals surface area (Å²) in [5.74, 6) is -0.671. The van der Waals surface area contributed by atoms with Gasteiger partial charge in [-0.3, -0.25) is 9.35 Å². The van der Waals surface area contributed by atoms with Crippen LogP contribution in [0.25, 0.3) is 0 Å². The predicted octanol–water partition coefficient (Wildman–Crippen LogP) is 5.24. The van der Waals surface area contributed by atoms with Gasteiger partial charge in [0, 0.05) is 0 Å². The second kappa shape index (κ2) is 29.4. The molecule has 1 saturated heterocycles. The van der Waals surface area contributed by atoms with E-state index < -0.39 is 78.5 Å². The molecule has 0 saturated carbocycles. The fourth-order valence-electron chi connectivity index (χ4n) is 6.52. The van der Waals surface area contributed by atoms with Crippen LogP contribution in [0.3, 0.4) is 0 Å². The van der Waals surface area contributed by atoms with E-state index in [9.17, 15) is 38.7 Å². The first-order valence-electron chi connectivity index (χ1n) is 20.0. The van der Waals surface area contributed by atoms with Crippen LogP contribution in [0.2, 0.25) is 0 Å². The first-order chi connectivity index (χ1) is 24.4. The summed E-state index contributed by atoms with van der Waals surface area (Å²) in [6.07, 6.45) is 14.6. The molecule has 0 aromatic carbocycles. The van der Waals surface area contributed by atoms with Gasteiger partial charge in [-0.1, -0.05) is 155 Å². The molecule has 1 rings (SSSR count). The van der Waals surface area contributed by atoms with Crippen LogP contribution in [0, 0.1) is 0 Å². The molecule has 1 fully saturated rings. The average Bonchev–Trinajstić information content (AvgIpc) is 3.09. The van der Waals surface area contributed by atoms with Crippen LogP contribution in [-0.4, -0.2) is 107 Å². The van der Waals surface area contributed by atoms with E-state index in [4.69, 9.17) is 14.0 Å². The summed E-state index contributed by atoms with van der Waals surface area (Å²) < 4.78 is 47.3. The number of aliphatic hydroxyl groups excluding tert-OH is 5. The fraction of sp³-hybridized carbons (Fsp3) is 0.973. The summed E-state index contributed by atoms with van der Waals surface area (Å²) in [7, 11) is -5.10. The third-order valence-corrected chi connectivity index (χ3v) is 10.2. The summed E-state index contributed by atoms with van der Waals surface area (Å²) in [5.41, 5.74) is 0. The van der Waals surface area contributed by atoms with Crippen LogP contribution in [0.15, 0.2) is 0 Å². The van der Waals surface area contributed by atoms with Gasteiger partial charge in [0.05, 0.1) is 25.4 Å². The van der Waals surface area contributed by atoms with Crippen molar-refractivity contribution in [2.24, 2.45) is 0 Å². The van der Waals surface area contributed by atoms with E-state index in [1.165, 1.54) is 89.9 Å². The summed E-state index contributed by atoms with van der Waals surface area (Å²) in [6.45, 7) is 3.21. The second-order valence-electron chi connectivity index (χ2n) is 14.4. The maximum atomic E-state index is 13.0. The lowest BCUT2D eigenvalue weighted by Gasteiger charge is -2.41. The molecule has 0 aromatic rings. The maximum Gasteiger partial charge on any atom is 0.397 e. The van der Waals surface area contributed by atoms with Crippen LogP contribution in [0.1, 0.15) is 168 Å². The van der Waals surface area contributed by atoms with Gasteiger partial charge in [-0.05, 0) is 12.8 Å². The van der Waals surface area contributed by atoms with Crippen molar-refractivity contribution in [2.75, 3.05) is 13.2 Å². The van der Waals surface area contributed by atoms with Gasteiger partial charge in [0.2, 0.25) is 5.91 Å². The van der Waals surface area contributed by atoms with Crippen LogP contribution in [0.5, 0.6) is 0 Å². The Balaban J connectivity index is 2.63. The molecular weight excluding hydrogens is 682 g/mol. The number of ether oxygens (including phenoxy) is 2. The number of rotatable bonds is 33. The molecule has 14 heteroatoms. The lowest BCUT2D eigenvalue weighted by atomic mass is 9.99. The van der Waals surface area contributed by atoms with Crippen molar-refractivity contribution in [1.29, 1.82) is 0 Å². The molecule has 0 radical (unpaired) electrons. The topological polar surface area (TPSA) is 212 Å². The first kappa shape index (κ1) is 48.1. The minimum Gasteiger partial charge on any atom is -0.394 e. The van der Waals surface area contributed by atoms with E-state index in [0.717, 1.165) is 38.5 Å². The summed E-state index contributed by atoms with van der Waals surface area (Å²) in [6, 6.07) is -1.02. The monoisotopic (exact) mass is 755 g/mol. The smallest absolute Gasteiger partial charge is 0.394 e. The van der Waals surface area contributed by atoms with Gasteiger partial charge in [0.15, 0.2) is 6.29 Å². The van der Waals surface area contributed by atoms with E-state index >= 15 is 0 Å². The van der Waals surface area contributed by atoms with Crippen molar-refractivity contribution in [3.8, 4) is 0 Å². The van der Waals surface area contributed by atoms with E-state index in [1.54, 1.807) is 0 Å². The van der Waals surface area contributed by atoms with Gasteiger partial charge in [0.1, 0.15) is 30.5 Å². The number of aliphatic hydroxyl groups is 5. The van der Waals surface area contributed by atoms with Crippen molar-refractivity contribution >= 4 is 16.3 Å². The second-order valence-corrected chi connectivity index (χ2v) is 15.4. The molecule has 51 heavy (non-hydrogen) atoms. The zero-order chi connectivity index (χ0) is 37.9. The van der Waals surface area contributed by atoms with Crippen molar-refractivity contribution < 1.29 is 57.0 Å². The van der Waals surface area contributed by atoms with Crippen LogP contribution < -0.4 is 5.32 Å². The Kier molecular flexibility index (Phi) is 27.7. The average molecular weight is 756 g/mol. The van der Waals surface area contributed by atoms with Crippen molar-refractivity contribution in [3.63, 3.8) is 0 Å². The molecular formula is C37H73NO12S. The van der Waals surface area contributed by atoms with Gasteiger partial charge in [-0.25, -0.2) is 4.18 Å². The summed E-state index contributed by atoms with van der Waals surface area (Å²) in [5, 5.41) is 54.9. The highest BCUT2D eigenvalue weighted by atomic mass is 32.3. The molecule has 13 nitrogen and oxygen atoms in total. The largest absolute Gasteiger partial charge is 0.397 e. The number of hydrogen-bond acceptors (Lipinski definition) is 11. The summed E-state index contributed by atoms with van der Waals surface area (Å²) >= 11 is 0. The molecule has 8 unspecified atom stereocenters. The standard InChI is InChI=1S/C37H73NO12S/c1-3-5-7-9-11-13-14-15-16-18-20-22-24-26-31(41)36(44)38-29(30(40)25-23-21-19-17-12-10-8-6-4-2)28-48-37-34(43)35(50-51(45,46)47)33(42)32(27-39)49-37/h29-35,37,39-43H,3-28H2,1-2H3,(H,38,44)(H,45,46,47). The van der Waals surface area contributed by atoms with E-state index in [1.807, 2.05) is 0 Å². The Labute approximate surface area is 308 Å². The maximum absolute atomic E-state index is 13.0. The van der Waals surface area contributed by atoms with Gasteiger partial charge in [-0.2, -0.15) is 8.42 Å². The fourth-order valence-corrected chi connectivity index (χ4v) is 7.03. The Morgan fingerprint density at radius 3 is 1.57 bits per heavy atom. The first-order valence-corrected chi connectivity index (χ1v) is 21.4. The Morgan fingerprint density at radius 2 is 1.14 bits per heavy atom. The van der Waals surface area contributed by atoms with Crippen LogP contribution in [-0.2, 0) is 28.9 Å². The number of amides is 1. The molecule has 304 valence electrons. The Bertz CT molecular complexity index is 958. The molecule has 1 aliphatic rings. The minimum atomic E-state index is -5.10. The van der Waals surface area contributed by atoms with Gasteiger partial charge in [-0.15, -0.1) is 0 Å².